The molecule has 8 heteroatoms. The second-order valence-electron chi connectivity index (χ2n) is 6.27. The summed E-state index contributed by atoms with van der Waals surface area (Å²) in [5.41, 5.74) is 1.53. The van der Waals surface area contributed by atoms with Gasteiger partial charge in [0.1, 0.15) is 0 Å². The Kier molecular flexibility index (Phi) is 8.36. The minimum atomic E-state index is -0.656. The number of hydrogen-bond acceptors (Lipinski definition) is 6. The van der Waals surface area contributed by atoms with E-state index in [0.717, 1.165) is 31.4 Å². The Morgan fingerprint density at radius 2 is 2.00 bits per heavy atom. The summed E-state index contributed by atoms with van der Waals surface area (Å²) in [5, 5.41) is 10.6. The van der Waals surface area contributed by atoms with Crippen molar-refractivity contribution in [1.82, 2.24) is 4.90 Å². The first-order valence-electron chi connectivity index (χ1n) is 9.09. The van der Waals surface area contributed by atoms with Crippen molar-refractivity contribution < 1.29 is 24.0 Å². The molecule has 0 aliphatic heterocycles. The summed E-state index contributed by atoms with van der Waals surface area (Å²) in [6.45, 7) is 0.457. The van der Waals surface area contributed by atoms with Crippen molar-refractivity contribution in [2.45, 2.75) is 25.7 Å². The van der Waals surface area contributed by atoms with Gasteiger partial charge in [-0.25, -0.2) is 4.79 Å². The van der Waals surface area contributed by atoms with E-state index < -0.39 is 10.9 Å². The van der Waals surface area contributed by atoms with E-state index in [-0.39, 0.29) is 18.2 Å². The molecule has 1 aliphatic rings. The van der Waals surface area contributed by atoms with E-state index in [1.54, 1.807) is 12.0 Å². The molecular weight excluding hydrogens is 364 g/mol. The third kappa shape index (κ3) is 6.62. The van der Waals surface area contributed by atoms with E-state index in [2.05, 4.69) is 0 Å². The maximum atomic E-state index is 12.5. The van der Waals surface area contributed by atoms with Crippen LogP contribution in [0.4, 0.5) is 5.69 Å². The maximum Gasteiger partial charge on any atom is 0.331 e. The molecule has 150 valence electrons. The number of rotatable bonds is 9. The molecule has 0 heterocycles. The van der Waals surface area contributed by atoms with Gasteiger partial charge in [-0.15, -0.1) is 0 Å². The van der Waals surface area contributed by atoms with Crippen LogP contribution < -0.4 is 0 Å². The Hall–Kier alpha value is -3.00. The molecule has 0 radical (unpaired) electrons. The molecule has 0 atom stereocenters. The van der Waals surface area contributed by atoms with Crippen LogP contribution in [0.25, 0.3) is 6.08 Å². The zero-order valence-electron chi connectivity index (χ0n) is 15.8. The summed E-state index contributed by atoms with van der Waals surface area (Å²) in [5.74, 6) is -0.946. The van der Waals surface area contributed by atoms with Gasteiger partial charge in [0.05, 0.1) is 11.5 Å². The van der Waals surface area contributed by atoms with Gasteiger partial charge in [0.15, 0.2) is 6.61 Å². The molecule has 28 heavy (non-hydrogen) atoms. The average molecular weight is 388 g/mol. The van der Waals surface area contributed by atoms with E-state index in [9.17, 15) is 19.7 Å². The van der Waals surface area contributed by atoms with Crippen molar-refractivity contribution in [2.75, 3.05) is 26.9 Å². The van der Waals surface area contributed by atoms with E-state index in [4.69, 9.17) is 9.47 Å². The fourth-order valence-electron chi connectivity index (χ4n) is 2.81. The van der Waals surface area contributed by atoms with E-state index in [1.807, 2.05) is 6.08 Å². The smallest absolute Gasteiger partial charge is 0.331 e. The summed E-state index contributed by atoms with van der Waals surface area (Å²) in [6.07, 6.45) is 8.61. The van der Waals surface area contributed by atoms with Gasteiger partial charge in [0, 0.05) is 37.6 Å². The Morgan fingerprint density at radius 3 is 2.61 bits per heavy atom. The van der Waals surface area contributed by atoms with Gasteiger partial charge >= 0.3 is 5.97 Å². The fraction of sp³-hybridized carbons (Fsp3) is 0.400. The highest BCUT2D eigenvalue weighted by molar-refractivity contribution is 5.89. The molecule has 1 aromatic rings. The minimum absolute atomic E-state index is 0.0292. The number of ether oxygens (including phenoxy) is 2. The van der Waals surface area contributed by atoms with Crippen LogP contribution in [0.15, 0.2) is 42.1 Å². The Balaban J connectivity index is 1.89. The fourth-order valence-corrected chi connectivity index (χ4v) is 2.81. The van der Waals surface area contributed by atoms with Crippen molar-refractivity contribution in [3.05, 3.63) is 57.8 Å². The molecule has 0 saturated heterocycles. The summed E-state index contributed by atoms with van der Waals surface area (Å²) in [7, 11) is 1.57. The van der Waals surface area contributed by atoms with Gasteiger partial charge in [-0.3, -0.25) is 14.9 Å². The summed E-state index contributed by atoms with van der Waals surface area (Å²) in [6, 6.07) is 5.74. The van der Waals surface area contributed by atoms with E-state index >= 15 is 0 Å². The largest absolute Gasteiger partial charge is 0.452 e. The highest BCUT2D eigenvalue weighted by Crippen LogP contribution is 2.21. The second kappa shape index (κ2) is 11.0. The SMILES string of the molecule is COCCN(C(=O)COC(=O)/C=C/c1ccc([N+](=O)[O-])cc1)C1=CCCCC1. The number of nitrogens with zero attached hydrogens (tertiary/aromatic N) is 2. The molecule has 0 bridgehead atoms. The molecule has 1 amide bonds. The number of amides is 1. The van der Waals surface area contributed by atoms with Crippen LogP contribution in [0, 0.1) is 10.1 Å². The zero-order chi connectivity index (χ0) is 20.4. The first-order chi connectivity index (χ1) is 13.5. The maximum absolute atomic E-state index is 12.5. The lowest BCUT2D eigenvalue weighted by Gasteiger charge is -2.27. The minimum Gasteiger partial charge on any atom is -0.452 e. The van der Waals surface area contributed by atoms with Gasteiger partial charge in [-0.05, 0) is 49.5 Å². The predicted octanol–water partition coefficient (Wildman–Crippen LogP) is 3.08. The van der Waals surface area contributed by atoms with Crippen LogP contribution in [0.2, 0.25) is 0 Å². The van der Waals surface area contributed by atoms with Gasteiger partial charge in [0.2, 0.25) is 0 Å². The quantitative estimate of drug-likeness (QED) is 0.279. The number of esters is 1. The van der Waals surface area contributed by atoms with Crippen molar-refractivity contribution in [3.63, 3.8) is 0 Å². The van der Waals surface area contributed by atoms with Crippen molar-refractivity contribution in [2.24, 2.45) is 0 Å². The van der Waals surface area contributed by atoms with Gasteiger partial charge in [-0.2, -0.15) is 0 Å². The number of carbonyl (C=O) groups is 2. The van der Waals surface area contributed by atoms with Crippen LogP contribution in [0.3, 0.4) is 0 Å². The molecule has 2 rings (SSSR count). The topological polar surface area (TPSA) is 99.0 Å². The molecule has 1 aromatic carbocycles. The summed E-state index contributed by atoms with van der Waals surface area (Å²) >= 11 is 0. The first-order valence-corrected chi connectivity index (χ1v) is 9.09. The first kappa shape index (κ1) is 21.3. The lowest BCUT2D eigenvalue weighted by molar-refractivity contribution is -0.384. The van der Waals surface area contributed by atoms with Crippen LogP contribution in [-0.2, 0) is 19.1 Å². The van der Waals surface area contributed by atoms with Crippen molar-refractivity contribution >= 4 is 23.6 Å². The van der Waals surface area contributed by atoms with E-state index in [0.29, 0.717) is 18.7 Å². The highest BCUT2D eigenvalue weighted by atomic mass is 16.6. The van der Waals surface area contributed by atoms with Crippen molar-refractivity contribution in [1.29, 1.82) is 0 Å². The number of nitro benzene ring substituents is 1. The third-order valence-electron chi connectivity index (χ3n) is 4.29. The van der Waals surface area contributed by atoms with Gasteiger partial charge in [-0.1, -0.05) is 6.08 Å². The molecule has 0 N–H and O–H groups in total. The molecule has 0 saturated carbocycles. The molecular formula is C20H24N2O6. The molecule has 0 unspecified atom stereocenters. The number of allylic oxidation sites excluding steroid dienone is 2. The standard InChI is InChI=1S/C20H24N2O6/c1-27-14-13-21(17-5-3-2-4-6-17)19(23)15-28-20(24)12-9-16-7-10-18(11-8-16)22(25)26/h5,7-12H,2-4,6,13-15H2,1H3/b12-9+. The Morgan fingerprint density at radius 1 is 1.25 bits per heavy atom. The van der Waals surface area contributed by atoms with Gasteiger partial charge < -0.3 is 14.4 Å². The third-order valence-corrected chi connectivity index (χ3v) is 4.29. The average Bonchev–Trinajstić information content (AvgIpc) is 2.72. The molecule has 0 aromatic heterocycles. The number of hydrogen-bond donors (Lipinski definition) is 0. The lowest BCUT2D eigenvalue weighted by atomic mass is 10.0. The predicted molar refractivity (Wildman–Crippen MR) is 103 cm³/mol. The van der Waals surface area contributed by atoms with E-state index in [1.165, 1.54) is 36.4 Å². The number of carbonyl (C=O) groups excluding carboxylic acids is 2. The molecule has 8 nitrogen and oxygen atoms in total. The molecule has 0 spiro atoms. The Bertz CT molecular complexity index is 754. The normalized spacial score (nSPS) is 13.8. The zero-order valence-corrected chi connectivity index (χ0v) is 15.8. The summed E-state index contributed by atoms with van der Waals surface area (Å²) < 4.78 is 10.1. The van der Waals surface area contributed by atoms with Crippen molar-refractivity contribution in [3.8, 4) is 0 Å². The molecule has 0 fully saturated rings. The monoisotopic (exact) mass is 388 g/mol. The van der Waals surface area contributed by atoms with Crippen LogP contribution in [-0.4, -0.2) is 48.6 Å². The highest BCUT2D eigenvalue weighted by Gasteiger charge is 2.20. The second-order valence-corrected chi connectivity index (χ2v) is 6.27. The molecule has 1 aliphatic carbocycles. The van der Waals surface area contributed by atoms with Crippen LogP contribution in [0.5, 0.6) is 0 Å². The lowest BCUT2D eigenvalue weighted by Crippen LogP contribution is -2.36. The number of nitro groups is 1. The van der Waals surface area contributed by atoms with Crippen LogP contribution >= 0.6 is 0 Å². The number of non-ortho nitro benzene ring substituents is 1. The van der Waals surface area contributed by atoms with Gasteiger partial charge in [0.25, 0.3) is 11.6 Å². The number of methoxy groups -OCH3 is 1. The van der Waals surface area contributed by atoms with Crippen LogP contribution in [0.1, 0.15) is 31.2 Å². The summed E-state index contributed by atoms with van der Waals surface area (Å²) in [4.78, 5) is 36.1. The number of benzene rings is 1. The Labute approximate surface area is 163 Å².